The van der Waals surface area contributed by atoms with Crippen LogP contribution in [0.1, 0.15) is 41.9 Å². The van der Waals surface area contributed by atoms with Crippen LogP contribution in [-0.4, -0.2) is 83.7 Å². The number of hydrogen-bond acceptors (Lipinski definition) is 7. The van der Waals surface area contributed by atoms with Gasteiger partial charge < -0.3 is 28.4 Å². The van der Waals surface area contributed by atoms with Gasteiger partial charge in [-0.3, -0.25) is 0 Å². The van der Waals surface area contributed by atoms with Crippen molar-refractivity contribution in [1.82, 2.24) is 13.8 Å². The normalized spacial score (nSPS) is 14.5. The Hall–Kier alpha value is -3.41. The fourth-order valence-electron chi connectivity index (χ4n) is 5.91. The molecule has 0 saturated carbocycles. The molecule has 10 heteroatoms. The number of benzene rings is 3. The number of rotatable bonds is 14. The van der Waals surface area contributed by atoms with Crippen LogP contribution >= 0.6 is 0 Å². The fraction of sp³-hybridized carbons (Fsp3) is 0.412. The van der Waals surface area contributed by atoms with Crippen LogP contribution in [0.2, 0.25) is 0 Å². The van der Waals surface area contributed by atoms with E-state index in [0.717, 1.165) is 46.9 Å². The summed E-state index contributed by atoms with van der Waals surface area (Å²) in [7, 11) is 3.35. The lowest BCUT2D eigenvalue weighted by Crippen LogP contribution is -2.37. The van der Waals surface area contributed by atoms with Gasteiger partial charge in [-0.2, -0.15) is 4.31 Å². The van der Waals surface area contributed by atoms with Crippen molar-refractivity contribution in [2.75, 3.05) is 61.5 Å². The minimum Gasteiger partial charge on any atom is -0.468 e. The number of hydrogen-bond donors (Lipinski definition) is 0. The lowest BCUT2D eigenvalue weighted by Gasteiger charge is -2.29. The van der Waals surface area contributed by atoms with Crippen molar-refractivity contribution in [1.29, 1.82) is 0 Å². The average molecular weight is 622 g/mol. The third-order valence-corrected chi connectivity index (χ3v) is 10.0. The lowest BCUT2D eigenvalue weighted by atomic mass is 9.85. The van der Waals surface area contributed by atoms with Gasteiger partial charge in [0, 0.05) is 62.8 Å². The smallest absolute Gasteiger partial charge is 0.259 e. The second-order valence-electron chi connectivity index (χ2n) is 11.3. The second kappa shape index (κ2) is 14.6. The standard InChI is InChI=1S/C34H43N3O6S/c1-35(2)22-23-37-31-11-7-6-10-30(31)33(34(37)44(38,39)36-20-8-5-9-21-36)32(26-12-16-28(17-13-26)42-24-40-3)27-14-18-29(19-15-27)43-25-41-4/h6-7,10-19,32H,5,8-9,20-25H2,1-4H3. The summed E-state index contributed by atoms with van der Waals surface area (Å²) in [5.41, 5.74) is 3.59. The third-order valence-electron chi connectivity index (χ3n) is 8.03. The third kappa shape index (κ3) is 6.95. The largest absolute Gasteiger partial charge is 0.468 e. The van der Waals surface area contributed by atoms with Crippen molar-refractivity contribution in [3.8, 4) is 11.5 Å². The quantitative estimate of drug-likeness (QED) is 0.172. The van der Waals surface area contributed by atoms with E-state index in [9.17, 15) is 8.42 Å². The summed E-state index contributed by atoms with van der Waals surface area (Å²) in [6.07, 6.45) is 2.77. The molecule has 1 aliphatic rings. The van der Waals surface area contributed by atoms with Crippen molar-refractivity contribution in [2.45, 2.75) is 36.8 Å². The van der Waals surface area contributed by atoms with Crippen LogP contribution in [0.5, 0.6) is 11.5 Å². The zero-order valence-electron chi connectivity index (χ0n) is 26.1. The predicted octanol–water partition coefficient (Wildman–Crippen LogP) is 5.52. The number of aromatic nitrogens is 1. The molecule has 2 heterocycles. The van der Waals surface area contributed by atoms with Gasteiger partial charge in [-0.1, -0.05) is 48.9 Å². The molecule has 5 rings (SSSR count). The molecule has 3 aromatic carbocycles. The van der Waals surface area contributed by atoms with Gasteiger partial charge in [0.2, 0.25) is 0 Å². The molecule has 1 fully saturated rings. The second-order valence-corrected chi connectivity index (χ2v) is 13.2. The summed E-state index contributed by atoms with van der Waals surface area (Å²) >= 11 is 0. The van der Waals surface area contributed by atoms with Gasteiger partial charge in [0.15, 0.2) is 18.6 Å². The molecular formula is C34H43N3O6S. The number of likely N-dealkylation sites (N-methyl/N-ethyl adjacent to an activating group) is 1. The summed E-state index contributed by atoms with van der Waals surface area (Å²) in [4.78, 5) is 2.08. The van der Waals surface area contributed by atoms with Crippen LogP contribution in [0.15, 0.2) is 77.8 Å². The minimum absolute atomic E-state index is 0.142. The van der Waals surface area contributed by atoms with Crippen molar-refractivity contribution in [2.24, 2.45) is 0 Å². The van der Waals surface area contributed by atoms with Gasteiger partial charge >= 0.3 is 0 Å². The van der Waals surface area contributed by atoms with Crippen LogP contribution in [0.4, 0.5) is 0 Å². The molecule has 0 N–H and O–H groups in total. The Balaban J connectivity index is 1.76. The topological polar surface area (TPSA) is 82.5 Å². The van der Waals surface area contributed by atoms with Gasteiger partial charge in [0.25, 0.3) is 10.0 Å². The van der Waals surface area contributed by atoms with E-state index in [1.54, 1.807) is 18.5 Å². The van der Waals surface area contributed by atoms with Gasteiger partial charge in [0.05, 0.1) is 0 Å². The number of sulfonamides is 1. The van der Waals surface area contributed by atoms with E-state index in [0.29, 0.717) is 42.7 Å². The first kappa shape index (κ1) is 32.0. The van der Waals surface area contributed by atoms with Crippen LogP contribution < -0.4 is 9.47 Å². The molecule has 0 unspecified atom stereocenters. The first-order valence-electron chi connectivity index (χ1n) is 15.0. The van der Waals surface area contributed by atoms with E-state index < -0.39 is 10.0 Å². The number of methoxy groups -OCH3 is 2. The molecule has 0 radical (unpaired) electrons. The minimum atomic E-state index is -3.84. The zero-order valence-corrected chi connectivity index (χ0v) is 26.9. The SMILES string of the molecule is COCOc1ccc(C(c2ccc(OCOC)cc2)c2c(S(=O)(=O)N3CCCCC3)n(CCN(C)C)c3ccccc23)cc1. The van der Waals surface area contributed by atoms with Crippen LogP contribution in [-0.2, 0) is 26.0 Å². The zero-order chi connectivity index (χ0) is 31.1. The van der Waals surface area contributed by atoms with E-state index in [4.69, 9.17) is 18.9 Å². The molecular weight excluding hydrogens is 578 g/mol. The number of fused-ring (bicyclic) bond motifs is 1. The first-order valence-corrected chi connectivity index (χ1v) is 16.5. The maximum atomic E-state index is 14.8. The number of piperidine rings is 1. The van der Waals surface area contributed by atoms with Gasteiger partial charge in [-0.25, -0.2) is 8.42 Å². The molecule has 9 nitrogen and oxygen atoms in total. The summed E-state index contributed by atoms with van der Waals surface area (Å²) < 4.78 is 54.8. The van der Waals surface area contributed by atoms with Crippen molar-refractivity contribution >= 4 is 20.9 Å². The molecule has 1 saturated heterocycles. The van der Waals surface area contributed by atoms with Gasteiger partial charge in [-0.15, -0.1) is 0 Å². The Morgan fingerprint density at radius 1 is 0.773 bits per heavy atom. The lowest BCUT2D eigenvalue weighted by molar-refractivity contribution is 0.0509. The molecule has 236 valence electrons. The average Bonchev–Trinajstić information content (AvgIpc) is 3.38. The van der Waals surface area contributed by atoms with Gasteiger partial charge in [0.1, 0.15) is 11.5 Å². The number of nitrogens with zero attached hydrogens (tertiary/aromatic N) is 3. The van der Waals surface area contributed by atoms with Crippen molar-refractivity contribution in [3.05, 3.63) is 89.5 Å². The number of para-hydroxylation sites is 1. The summed E-state index contributed by atoms with van der Waals surface area (Å²) in [6.45, 7) is 2.57. The van der Waals surface area contributed by atoms with E-state index in [-0.39, 0.29) is 19.5 Å². The molecule has 1 aromatic heterocycles. The van der Waals surface area contributed by atoms with E-state index in [2.05, 4.69) is 4.90 Å². The maximum Gasteiger partial charge on any atom is 0.259 e. The monoisotopic (exact) mass is 621 g/mol. The van der Waals surface area contributed by atoms with Crippen molar-refractivity contribution < 1.29 is 27.4 Å². The number of ether oxygens (including phenoxy) is 4. The highest BCUT2D eigenvalue weighted by molar-refractivity contribution is 7.89. The molecule has 0 aliphatic carbocycles. The summed E-state index contributed by atoms with van der Waals surface area (Å²) in [5, 5.41) is 1.29. The summed E-state index contributed by atoms with van der Waals surface area (Å²) in [5.74, 6) is 0.961. The van der Waals surface area contributed by atoms with E-state index in [1.807, 2.05) is 91.5 Å². The highest BCUT2D eigenvalue weighted by atomic mass is 32.2. The molecule has 0 atom stereocenters. The Kier molecular flexibility index (Phi) is 10.6. The van der Waals surface area contributed by atoms with Crippen LogP contribution in [0.25, 0.3) is 10.9 Å². The van der Waals surface area contributed by atoms with E-state index in [1.165, 1.54) is 0 Å². The van der Waals surface area contributed by atoms with Crippen LogP contribution in [0.3, 0.4) is 0 Å². The highest BCUT2D eigenvalue weighted by Crippen LogP contribution is 2.43. The predicted molar refractivity (Wildman–Crippen MR) is 172 cm³/mol. The molecule has 4 aromatic rings. The fourth-order valence-corrected chi connectivity index (χ4v) is 7.86. The molecule has 0 amide bonds. The Bertz CT molecular complexity index is 1560. The molecule has 44 heavy (non-hydrogen) atoms. The molecule has 0 bridgehead atoms. The highest BCUT2D eigenvalue weighted by Gasteiger charge is 2.37. The molecule has 1 aliphatic heterocycles. The van der Waals surface area contributed by atoms with Crippen LogP contribution in [0, 0.1) is 0 Å². The summed E-state index contributed by atoms with van der Waals surface area (Å²) in [6, 6.07) is 23.7. The first-order chi connectivity index (χ1) is 21.3. The van der Waals surface area contributed by atoms with E-state index >= 15 is 0 Å². The Morgan fingerprint density at radius 2 is 1.32 bits per heavy atom. The Labute approximate surface area is 260 Å². The van der Waals surface area contributed by atoms with Crippen molar-refractivity contribution in [3.63, 3.8) is 0 Å². The maximum absolute atomic E-state index is 14.8. The Morgan fingerprint density at radius 3 is 1.84 bits per heavy atom. The molecule has 0 spiro atoms. The van der Waals surface area contributed by atoms with Gasteiger partial charge in [-0.05, 0) is 68.4 Å².